The Labute approximate surface area is 128 Å². The number of nitrogens with zero attached hydrogens (tertiary/aromatic N) is 1. The van der Waals surface area contributed by atoms with E-state index in [2.05, 4.69) is 33.2 Å². The molecule has 0 saturated heterocycles. The number of benzene rings is 1. The third kappa shape index (κ3) is 2.62. The first-order valence-corrected chi connectivity index (χ1v) is 8.02. The molecule has 1 aliphatic carbocycles. The van der Waals surface area contributed by atoms with E-state index < -0.39 is 0 Å². The van der Waals surface area contributed by atoms with E-state index in [1.807, 2.05) is 24.4 Å². The second-order valence-electron chi connectivity index (χ2n) is 5.80. The molecule has 3 N–H and O–H groups in total. The van der Waals surface area contributed by atoms with Gasteiger partial charge in [0.05, 0.1) is 11.2 Å². The minimum atomic E-state index is 0.772. The van der Waals surface area contributed by atoms with Gasteiger partial charge in [-0.05, 0) is 52.4 Å². The van der Waals surface area contributed by atoms with Gasteiger partial charge < -0.3 is 11.1 Å². The summed E-state index contributed by atoms with van der Waals surface area (Å²) in [7, 11) is 0. The van der Waals surface area contributed by atoms with Crippen molar-refractivity contribution in [1.29, 1.82) is 0 Å². The van der Waals surface area contributed by atoms with E-state index in [1.54, 1.807) is 0 Å². The summed E-state index contributed by atoms with van der Waals surface area (Å²) in [5, 5.41) is 4.58. The molecular formula is C16H20BrN3. The molecule has 106 valence electrons. The SMILES string of the molecule is CC1CCCC1CNc1ccc(N)c2cc(Br)cnc12. The number of pyridine rings is 1. The summed E-state index contributed by atoms with van der Waals surface area (Å²) in [6, 6.07) is 6.02. The van der Waals surface area contributed by atoms with Crippen molar-refractivity contribution in [2.45, 2.75) is 26.2 Å². The van der Waals surface area contributed by atoms with E-state index in [9.17, 15) is 0 Å². The van der Waals surface area contributed by atoms with Crippen LogP contribution >= 0.6 is 15.9 Å². The van der Waals surface area contributed by atoms with E-state index in [4.69, 9.17) is 5.73 Å². The molecule has 1 aliphatic rings. The maximum Gasteiger partial charge on any atom is 0.0954 e. The summed E-state index contributed by atoms with van der Waals surface area (Å²) >= 11 is 3.45. The van der Waals surface area contributed by atoms with Crippen LogP contribution in [0.2, 0.25) is 0 Å². The molecule has 1 aromatic heterocycles. The zero-order valence-electron chi connectivity index (χ0n) is 11.7. The maximum absolute atomic E-state index is 6.05. The van der Waals surface area contributed by atoms with Gasteiger partial charge in [-0.25, -0.2) is 0 Å². The average Bonchev–Trinajstić information content (AvgIpc) is 2.84. The van der Waals surface area contributed by atoms with E-state index >= 15 is 0 Å². The Morgan fingerprint density at radius 3 is 3.00 bits per heavy atom. The predicted molar refractivity (Wildman–Crippen MR) is 88.9 cm³/mol. The van der Waals surface area contributed by atoms with Gasteiger partial charge in [-0.1, -0.05) is 19.8 Å². The topological polar surface area (TPSA) is 50.9 Å². The Hall–Kier alpha value is -1.29. The first-order valence-electron chi connectivity index (χ1n) is 7.23. The molecule has 2 atom stereocenters. The lowest BCUT2D eigenvalue weighted by atomic mass is 9.98. The number of fused-ring (bicyclic) bond motifs is 1. The molecule has 0 aliphatic heterocycles. The number of aromatic nitrogens is 1. The lowest BCUT2D eigenvalue weighted by molar-refractivity contribution is 0.440. The van der Waals surface area contributed by atoms with Crippen LogP contribution in [0.15, 0.2) is 28.9 Å². The number of anilines is 2. The highest BCUT2D eigenvalue weighted by Gasteiger charge is 2.23. The van der Waals surface area contributed by atoms with E-state index in [1.165, 1.54) is 19.3 Å². The Morgan fingerprint density at radius 1 is 1.40 bits per heavy atom. The molecule has 0 spiro atoms. The second kappa shape index (κ2) is 5.60. The van der Waals surface area contributed by atoms with Crippen LogP contribution in [0.25, 0.3) is 10.9 Å². The summed E-state index contributed by atoms with van der Waals surface area (Å²) in [5.41, 5.74) is 8.86. The monoisotopic (exact) mass is 333 g/mol. The standard InChI is InChI=1S/C16H20BrN3/c1-10-3-2-4-11(10)8-19-15-6-5-14(18)13-7-12(17)9-20-16(13)15/h5-7,9-11,19H,2-4,8,18H2,1H3. The normalized spacial score (nSPS) is 22.3. The fourth-order valence-corrected chi connectivity index (χ4v) is 3.46. The highest BCUT2D eigenvalue weighted by Crippen LogP contribution is 2.33. The molecular weight excluding hydrogens is 314 g/mol. The highest BCUT2D eigenvalue weighted by atomic mass is 79.9. The quantitative estimate of drug-likeness (QED) is 0.817. The third-order valence-corrected chi connectivity index (χ3v) is 4.88. The van der Waals surface area contributed by atoms with E-state index in [0.717, 1.165) is 45.1 Å². The van der Waals surface area contributed by atoms with E-state index in [-0.39, 0.29) is 0 Å². The molecule has 1 fully saturated rings. The maximum atomic E-state index is 6.05. The van der Waals surface area contributed by atoms with Crippen LogP contribution in [0, 0.1) is 11.8 Å². The number of hydrogen-bond donors (Lipinski definition) is 2. The van der Waals surface area contributed by atoms with Gasteiger partial charge in [0.15, 0.2) is 0 Å². The van der Waals surface area contributed by atoms with Crippen LogP contribution in [-0.2, 0) is 0 Å². The van der Waals surface area contributed by atoms with Crippen LogP contribution in [0.1, 0.15) is 26.2 Å². The van der Waals surface area contributed by atoms with Crippen molar-refractivity contribution in [2.24, 2.45) is 11.8 Å². The minimum absolute atomic E-state index is 0.772. The van der Waals surface area contributed by atoms with Crippen LogP contribution in [-0.4, -0.2) is 11.5 Å². The highest BCUT2D eigenvalue weighted by molar-refractivity contribution is 9.10. The Morgan fingerprint density at radius 2 is 2.25 bits per heavy atom. The van der Waals surface area contributed by atoms with Crippen molar-refractivity contribution in [2.75, 3.05) is 17.6 Å². The number of nitrogen functional groups attached to an aromatic ring is 1. The van der Waals surface area contributed by atoms with Crippen LogP contribution in [0.3, 0.4) is 0 Å². The zero-order valence-corrected chi connectivity index (χ0v) is 13.3. The fourth-order valence-electron chi connectivity index (χ4n) is 3.12. The molecule has 1 heterocycles. The van der Waals surface area contributed by atoms with Gasteiger partial charge >= 0.3 is 0 Å². The van der Waals surface area contributed by atoms with Crippen molar-refractivity contribution in [3.05, 3.63) is 28.9 Å². The zero-order chi connectivity index (χ0) is 14.1. The lowest BCUT2D eigenvalue weighted by Gasteiger charge is -2.18. The van der Waals surface area contributed by atoms with Gasteiger partial charge in [-0.15, -0.1) is 0 Å². The summed E-state index contributed by atoms with van der Waals surface area (Å²) in [6.45, 7) is 3.38. The number of nitrogens with one attached hydrogen (secondary N) is 1. The van der Waals surface area contributed by atoms with Gasteiger partial charge in [-0.2, -0.15) is 0 Å². The molecule has 2 aromatic rings. The van der Waals surface area contributed by atoms with Gasteiger partial charge in [0.1, 0.15) is 0 Å². The second-order valence-corrected chi connectivity index (χ2v) is 6.72. The predicted octanol–water partition coefficient (Wildman–Crippen LogP) is 4.43. The van der Waals surface area contributed by atoms with Crippen molar-refractivity contribution in [1.82, 2.24) is 4.98 Å². The fraction of sp³-hybridized carbons (Fsp3) is 0.438. The summed E-state index contributed by atoms with van der Waals surface area (Å²) in [4.78, 5) is 4.52. The summed E-state index contributed by atoms with van der Waals surface area (Å²) in [5.74, 6) is 1.60. The van der Waals surface area contributed by atoms with Gasteiger partial charge in [0.25, 0.3) is 0 Å². The summed E-state index contributed by atoms with van der Waals surface area (Å²) in [6.07, 6.45) is 5.88. The number of rotatable bonds is 3. The smallest absolute Gasteiger partial charge is 0.0954 e. The van der Waals surface area contributed by atoms with Gasteiger partial charge in [-0.3, -0.25) is 4.98 Å². The van der Waals surface area contributed by atoms with Crippen molar-refractivity contribution >= 4 is 38.2 Å². The molecule has 20 heavy (non-hydrogen) atoms. The first-order chi connectivity index (χ1) is 9.65. The number of hydrogen-bond acceptors (Lipinski definition) is 3. The Bertz CT molecular complexity index is 626. The molecule has 3 nitrogen and oxygen atoms in total. The largest absolute Gasteiger partial charge is 0.398 e. The van der Waals surface area contributed by atoms with Crippen LogP contribution in [0.4, 0.5) is 11.4 Å². The number of halogens is 1. The molecule has 1 saturated carbocycles. The van der Waals surface area contributed by atoms with Crippen LogP contribution in [0.5, 0.6) is 0 Å². The molecule has 0 bridgehead atoms. The molecule has 0 amide bonds. The third-order valence-electron chi connectivity index (χ3n) is 4.44. The van der Waals surface area contributed by atoms with Gasteiger partial charge in [0.2, 0.25) is 0 Å². The minimum Gasteiger partial charge on any atom is -0.398 e. The van der Waals surface area contributed by atoms with E-state index in [0.29, 0.717) is 0 Å². The Kier molecular flexibility index (Phi) is 3.83. The lowest BCUT2D eigenvalue weighted by Crippen LogP contribution is -2.16. The van der Waals surface area contributed by atoms with Crippen molar-refractivity contribution < 1.29 is 0 Å². The average molecular weight is 334 g/mol. The summed E-state index contributed by atoms with van der Waals surface area (Å²) < 4.78 is 0.957. The van der Waals surface area contributed by atoms with Crippen molar-refractivity contribution in [3.8, 4) is 0 Å². The van der Waals surface area contributed by atoms with Crippen LogP contribution < -0.4 is 11.1 Å². The number of nitrogens with two attached hydrogens (primary N) is 1. The van der Waals surface area contributed by atoms with Gasteiger partial charge in [0, 0.05) is 28.3 Å². The molecule has 4 heteroatoms. The first kappa shape index (κ1) is 13.7. The molecule has 3 rings (SSSR count). The molecule has 0 radical (unpaired) electrons. The molecule has 1 aromatic carbocycles. The van der Waals surface area contributed by atoms with Crippen molar-refractivity contribution in [3.63, 3.8) is 0 Å². The molecule has 2 unspecified atom stereocenters. The Balaban J connectivity index is 1.86.